The first-order valence-electron chi connectivity index (χ1n) is 5.14. The summed E-state index contributed by atoms with van der Waals surface area (Å²) in [5.41, 5.74) is 1.24. The van der Waals surface area contributed by atoms with Gasteiger partial charge in [-0.15, -0.1) is 0 Å². The summed E-state index contributed by atoms with van der Waals surface area (Å²) in [5.74, 6) is 1.92. The van der Waals surface area contributed by atoms with Crippen LogP contribution >= 0.6 is 0 Å². The van der Waals surface area contributed by atoms with E-state index in [2.05, 4.69) is 43.6 Å². The number of imidazole rings is 1. The Morgan fingerprint density at radius 3 is 2.69 bits per heavy atom. The highest BCUT2D eigenvalue weighted by atomic mass is 15.0. The zero-order chi connectivity index (χ0) is 9.84. The van der Waals surface area contributed by atoms with Gasteiger partial charge in [0.1, 0.15) is 5.82 Å². The largest absolute Gasteiger partial charge is 0.338 e. The van der Waals surface area contributed by atoms with E-state index < -0.39 is 0 Å². The van der Waals surface area contributed by atoms with Crippen LogP contribution in [-0.4, -0.2) is 9.55 Å². The molecule has 1 heterocycles. The third-order valence-corrected chi connectivity index (χ3v) is 2.11. The fourth-order valence-corrected chi connectivity index (χ4v) is 1.54. The van der Waals surface area contributed by atoms with Crippen molar-refractivity contribution in [1.29, 1.82) is 0 Å². The van der Waals surface area contributed by atoms with Crippen LogP contribution in [0.3, 0.4) is 0 Å². The fraction of sp³-hybridized carbons (Fsp3) is 0.727. The second-order valence-electron chi connectivity index (χ2n) is 4.11. The summed E-state index contributed by atoms with van der Waals surface area (Å²) in [7, 11) is 2.09. The molecule has 0 spiro atoms. The van der Waals surface area contributed by atoms with E-state index in [1.54, 1.807) is 0 Å². The van der Waals surface area contributed by atoms with Crippen molar-refractivity contribution >= 4 is 0 Å². The average molecular weight is 180 g/mol. The normalized spacial score (nSPS) is 11.2. The topological polar surface area (TPSA) is 17.8 Å². The van der Waals surface area contributed by atoms with Crippen molar-refractivity contribution in [3.8, 4) is 0 Å². The van der Waals surface area contributed by atoms with E-state index in [4.69, 9.17) is 0 Å². The molecular formula is C11H20N2. The summed E-state index contributed by atoms with van der Waals surface area (Å²) in [6.45, 7) is 6.65. The van der Waals surface area contributed by atoms with E-state index in [1.165, 1.54) is 17.9 Å². The third-order valence-electron chi connectivity index (χ3n) is 2.11. The molecule has 0 aliphatic rings. The maximum atomic E-state index is 4.60. The Bertz CT molecular complexity index is 261. The maximum absolute atomic E-state index is 4.60. The summed E-state index contributed by atoms with van der Waals surface area (Å²) >= 11 is 0. The standard InChI is InChI=1S/C11H20N2/c1-5-6-11-12-10(7-9(2)3)8-13(11)4/h8-9H,5-7H2,1-4H3. The molecule has 0 atom stereocenters. The molecule has 0 aromatic carbocycles. The monoisotopic (exact) mass is 180 g/mol. The van der Waals surface area contributed by atoms with Crippen LogP contribution in [0.4, 0.5) is 0 Å². The Labute approximate surface area is 81.0 Å². The Morgan fingerprint density at radius 1 is 1.46 bits per heavy atom. The molecule has 0 saturated heterocycles. The second-order valence-corrected chi connectivity index (χ2v) is 4.11. The van der Waals surface area contributed by atoms with Crippen LogP contribution in [0.1, 0.15) is 38.7 Å². The van der Waals surface area contributed by atoms with Crippen molar-refractivity contribution < 1.29 is 0 Å². The molecule has 1 aromatic rings. The van der Waals surface area contributed by atoms with Gasteiger partial charge in [-0.1, -0.05) is 20.8 Å². The minimum atomic E-state index is 0.698. The molecule has 0 amide bonds. The quantitative estimate of drug-likeness (QED) is 0.696. The number of aromatic nitrogens is 2. The highest BCUT2D eigenvalue weighted by Gasteiger charge is 2.05. The van der Waals surface area contributed by atoms with Crippen LogP contribution in [0.5, 0.6) is 0 Å². The van der Waals surface area contributed by atoms with Gasteiger partial charge in [-0.2, -0.15) is 0 Å². The number of nitrogens with zero attached hydrogens (tertiary/aromatic N) is 2. The molecule has 0 unspecified atom stereocenters. The summed E-state index contributed by atoms with van der Waals surface area (Å²) < 4.78 is 2.15. The summed E-state index contributed by atoms with van der Waals surface area (Å²) in [5, 5.41) is 0. The highest BCUT2D eigenvalue weighted by Crippen LogP contribution is 2.08. The van der Waals surface area contributed by atoms with Crippen LogP contribution in [0, 0.1) is 5.92 Å². The first kappa shape index (κ1) is 10.3. The van der Waals surface area contributed by atoms with Gasteiger partial charge in [0.05, 0.1) is 5.69 Å². The van der Waals surface area contributed by atoms with E-state index >= 15 is 0 Å². The predicted molar refractivity (Wildman–Crippen MR) is 55.7 cm³/mol. The third kappa shape index (κ3) is 2.87. The zero-order valence-corrected chi connectivity index (χ0v) is 9.17. The molecule has 0 bridgehead atoms. The van der Waals surface area contributed by atoms with Crippen molar-refractivity contribution in [1.82, 2.24) is 9.55 Å². The summed E-state index contributed by atoms with van der Waals surface area (Å²) in [6.07, 6.45) is 5.52. The van der Waals surface area contributed by atoms with Crippen LogP contribution < -0.4 is 0 Å². The Morgan fingerprint density at radius 2 is 2.15 bits per heavy atom. The van der Waals surface area contributed by atoms with Crippen molar-refractivity contribution in [3.63, 3.8) is 0 Å². The fourth-order valence-electron chi connectivity index (χ4n) is 1.54. The minimum Gasteiger partial charge on any atom is -0.338 e. The smallest absolute Gasteiger partial charge is 0.108 e. The lowest BCUT2D eigenvalue weighted by Gasteiger charge is -1.98. The van der Waals surface area contributed by atoms with Crippen molar-refractivity contribution in [3.05, 3.63) is 17.7 Å². The van der Waals surface area contributed by atoms with Gasteiger partial charge in [-0.3, -0.25) is 0 Å². The van der Waals surface area contributed by atoms with Crippen LogP contribution in [-0.2, 0) is 19.9 Å². The number of hydrogen-bond donors (Lipinski definition) is 0. The summed E-state index contributed by atoms with van der Waals surface area (Å²) in [6, 6.07) is 0. The van der Waals surface area contributed by atoms with Crippen LogP contribution in [0.15, 0.2) is 6.20 Å². The molecule has 0 radical (unpaired) electrons. The van der Waals surface area contributed by atoms with E-state index in [9.17, 15) is 0 Å². The molecule has 0 fully saturated rings. The van der Waals surface area contributed by atoms with Crippen molar-refractivity contribution in [2.24, 2.45) is 13.0 Å². The molecule has 1 aromatic heterocycles. The molecule has 0 saturated carbocycles. The SMILES string of the molecule is CCCc1nc(CC(C)C)cn1C. The molecule has 2 heteroatoms. The lowest BCUT2D eigenvalue weighted by molar-refractivity contribution is 0.636. The van der Waals surface area contributed by atoms with Gasteiger partial charge in [0.15, 0.2) is 0 Å². The van der Waals surface area contributed by atoms with Gasteiger partial charge >= 0.3 is 0 Å². The molecular weight excluding hydrogens is 160 g/mol. The lowest BCUT2D eigenvalue weighted by Crippen LogP contribution is -1.96. The van der Waals surface area contributed by atoms with Gasteiger partial charge < -0.3 is 4.57 Å². The highest BCUT2D eigenvalue weighted by molar-refractivity contribution is 5.04. The van der Waals surface area contributed by atoms with E-state index in [0.717, 1.165) is 12.8 Å². The van der Waals surface area contributed by atoms with Gasteiger partial charge in [-0.05, 0) is 18.8 Å². The van der Waals surface area contributed by atoms with Crippen LogP contribution in [0.25, 0.3) is 0 Å². The average Bonchev–Trinajstić information content (AvgIpc) is 2.31. The zero-order valence-electron chi connectivity index (χ0n) is 9.17. The van der Waals surface area contributed by atoms with Gasteiger partial charge in [0.25, 0.3) is 0 Å². The first-order chi connectivity index (χ1) is 6.13. The van der Waals surface area contributed by atoms with E-state index in [-0.39, 0.29) is 0 Å². The van der Waals surface area contributed by atoms with E-state index in [0.29, 0.717) is 5.92 Å². The first-order valence-corrected chi connectivity index (χ1v) is 5.14. The minimum absolute atomic E-state index is 0.698. The Kier molecular flexibility index (Phi) is 3.52. The molecule has 0 aliphatic carbocycles. The van der Waals surface area contributed by atoms with Gasteiger partial charge in [-0.25, -0.2) is 4.98 Å². The van der Waals surface area contributed by atoms with Gasteiger partial charge in [0.2, 0.25) is 0 Å². The predicted octanol–water partition coefficient (Wildman–Crippen LogP) is 2.57. The van der Waals surface area contributed by atoms with Crippen LogP contribution in [0.2, 0.25) is 0 Å². The Hall–Kier alpha value is -0.790. The lowest BCUT2D eigenvalue weighted by atomic mass is 10.1. The van der Waals surface area contributed by atoms with Crippen molar-refractivity contribution in [2.45, 2.75) is 40.0 Å². The summed E-state index contributed by atoms with van der Waals surface area (Å²) in [4.78, 5) is 4.60. The molecule has 0 aliphatic heterocycles. The number of hydrogen-bond acceptors (Lipinski definition) is 1. The number of rotatable bonds is 4. The molecule has 1 rings (SSSR count). The Balaban J connectivity index is 2.70. The van der Waals surface area contributed by atoms with E-state index in [1.807, 2.05) is 0 Å². The van der Waals surface area contributed by atoms with Gasteiger partial charge in [0, 0.05) is 19.7 Å². The second kappa shape index (κ2) is 4.45. The molecule has 0 N–H and O–H groups in total. The number of aryl methyl sites for hydroxylation is 2. The maximum Gasteiger partial charge on any atom is 0.108 e. The molecule has 13 heavy (non-hydrogen) atoms. The molecule has 2 nitrogen and oxygen atoms in total. The van der Waals surface area contributed by atoms with Crippen molar-refractivity contribution in [2.75, 3.05) is 0 Å². The molecule has 74 valence electrons.